The molecular weight excluding hydrogens is 386 g/mol. The summed E-state index contributed by atoms with van der Waals surface area (Å²) >= 11 is 6.96. The Kier molecular flexibility index (Phi) is 3.56. The minimum atomic E-state index is 0.0182. The largest absolute Gasteiger partial charge is 0.497 e. The smallest absolute Gasteiger partial charge is 0.195 e. The zero-order chi connectivity index (χ0) is 14.3. The number of hydrogen-bond acceptors (Lipinski definition) is 3. The number of ketones is 1. The average molecular weight is 397 g/mol. The molecule has 0 unspecified atom stereocenters. The molecule has 20 heavy (non-hydrogen) atoms. The highest BCUT2D eigenvalue weighted by molar-refractivity contribution is 9.11. The molecule has 1 N–H and O–H groups in total. The van der Waals surface area contributed by atoms with E-state index in [1.54, 1.807) is 19.2 Å². The molecule has 0 atom stereocenters. The Labute approximate surface area is 133 Å². The van der Waals surface area contributed by atoms with Crippen LogP contribution in [0.1, 0.15) is 21.5 Å². The predicted molar refractivity (Wildman–Crippen MR) is 85.6 cm³/mol. The molecule has 0 saturated carbocycles. The molecular formula is C15H11Br2NO2. The van der Waals surface area contributed by atoms with Crippen LogP contribution in [0.15, 0.2) is 39.3 Å². The monoisotopic (exact) mass is 395 g/mol. The third-order valence-corrected chi connectivity index (χ3v) is 4.50. The highest BCUT2D eigenvalue weighted by atomic mass is 79.9. The van der Waals surface area contributed by atoms with Crippen LogP contribution in [0.2, 0.25) is 0 Å². The topological polar surface area (TPSA) is 38.3 Å². The summed E-state index contributed by atoms with van der Waals surface area (Å²) in [7, 11) is 1.61. The molecule has 0 saturated heterocycles. The number of methoxy groups -OCH3 is 1. The minimum Gasteiger partial charge on any atom is -0.497 e. The summed E-state index contributed by atoms with van der Waals surface area (Å²) in [6.07, 6.45) is 0. The van der Waals surface area contributed by atoms with Crippen LogP contribution >= 0.6 is 31.9 Å². The summed E-state index contributed by atoms with van der Waals surface area (Å²) in [5.74, 6) is 0.750. The molecule has 0 radical (unpaired) electrons. The van der Waals surface area contributed by atoms with Crippen molar-refractivity contribution in [3.05, 3.63) is 56.0 Å². The summed E-state index contributed by atoms with van der Waals surface area (Å²) in [5.41, 5.74) is 3.14. The van der Waals surface area contributed by atoms with E-state index < -0.39 is 0 Å². The first-order chi connectivity index (χ1) is 9.60. The molecule has 5 heteroatoms. The molecule has 102 valence electrons. The van der Waals surface area contributed by atoms with Gasteiger partial charge in [-0.05, 0) is 29.8 Å². The molecule has 1 heterocycles. The lowest BCUT2D eigenvalue weighted by molar-refractivity contribution is 0.103. The predicted octanol–water partition coefficient (Wildman–Crippen LogP) is 4.38. The van der Waals surface area contributed by atoms with Crippen LogP contribution in [-0.2, 0) is 6.54 Å². The SMILES string of the molecule is COc1ccc2c(c1)NCc1c(Br)cc(Br)cc1C2=O. The second kappa shape index (κ2) is 5.22. The zero-order valence-corrected chi connectivity index (χ0v) is 13.8. The number of nitrogens with one attached hydrogen (secondary N) is 1. The van der Waals surface area contributed by atoms with Crippen molar-refractivity contribution in [1.82, 2.24) is 0 Å². The number of hydrogen-bond donors (Lipinski definition) is 1. The van der Waals surface area contributed by atoms with Crippen LogP contribution in [0.4, 0.5) is 5.69 Å². The van der Waals surface area contributed by atoms with Crippen LogP contribution in [0.3, 0.4) is 0 Å². The van der Waals surface area contributed by atoms with Crippen LogP contribution in [-0.4, -0.2) is 12.9 Å². The van der Waals surface area contributed by atoms with E-state index in [2.05, 4.69) is 37.2 Å². The third-order valence-electron chi connectivity index (χ3n) is 3.33. The van der Waals surface area contributed by atoms with Crippen LogP contribution in [0, 0.1) is 0 Å². The number of rotatable bonds is 1. The first-order valence-corrected chi connectivity index (χ1v) is 7.63. The summed E-state index contributed by atoms with van der Waals surface area (Å²) in [6, 6.07) is 9.26. The molecule has 2 aromatic carbocycles. The molecule has 3 nitrogen and oxygen atoms in total. The van der Waals surface area contributed by atoms with Gasteiger partial charge in [-0.1, -0.05) is 31.9 Å². The van der Waals surface area contributed by atoms with Gasteiger partial charge in [0.1, 0.15) is 5.75 Å². The molecule has 1 aliphatic rings. The first kappa shape index (κ1) is 13.6. The van der Waals surface area contributed by atoms with Gasteiger partial charge in [-0.2, -0.15) is 0 Å². The van der Waals surface area contributed by atoms with Crippen molar-refractivity contribution in [2.75, 3.05) is 12.4 Å². The Hall–Kier alpha value is -1.33. The van der Waals surface area contributed by atoms with E-state index in [1.165, 1.54) is 0 Å². The molecule has 2 aromatic rings. The van der Waals surface area contributed by atoms with Gasteiger partial charge < -0.3 is 10.1 Å². The maximum absolute atomic E-state index is 12.7. The van der Waals surface area contributed by atoms with Gasteiger partial charge in [0, 0.05) is 38.4 Å². The fourth-order valence-electron chi connectivity index (χ4n) is 2.31. The molecule has 1 aliphatic heterocycles. The van der Waals surface area contributed by atoms with Gasteiger partial charge in [0.05, 0.1) is 7.11 Å². The summed E-state index contributed by atoms with van der Waals surface area (Å²) < 4.78 is 7.01. The number of ether oxygens (including phenoxy) is 1. The lowest BCUT2D eigenvalue weighted by Gasteiger charge is -2.08. The maximum Gasteiger partial charge on any atom is 0.195 e. The van der Waals surface area contributed by atoms with Gasteiger partial charge in [-0.25, -0.2) is 0 Å². The van der Waals surface area contributed by atoms with Crippen molar-refractivity contribution in [2.24, 2.45) is 0 Å². The van der Waals surface area contributed by atoms with E-state index in [0.717, 1.165) is 25.9 Å². The zero-order valence-electron chi connectivity index (χ0n) is 10.7. The van der Waals surface area contributed by atoms with Crippen LogP contribution < -0.4 is 10.1 Å². The van der Waals surface area contributed by atoms with Crippen molar-refractivity contribution >= 4 is 43.3 Å². The highest BCUT2D eigenvalue weighted by Gasteiger charge is 2.23. The number of fused-ring (bicyclic) bond motifs is 2. The van der Waals surface area contributed by atoms with Gasteiger partial charge in [0.2, 0.25) is 0 Å². The van der Waals surface area contributed by atoms with E-state index in [-0.39, 0.29) is 5.78 Å². The Bertz CT molecular complexity index is 713. The quantitative estimate of drug-likeness (QED) is 0.777. The molecule has 3 rings (SSSR count). The Morgan fingerprint density at radius 3 is 2.70 bits per heavy atom. The standard InChI is InChI=1S/C15H11Br2NO2/c1-20-9-2-3-10-14(6-9)18-7-12-11(15(10)19)4-8(16)5-13(12)17/h2-6,18H,7H2,1H3. The van der Waals surface area contributed by atoms with E-state index >= 15 is 0 Å². The number of carbonyl (C=O) groups excluding carboxylic acids is 1. The second-order valence-electron chi connectivity index (χ2n) is 4.51. The van der Waals surface area contributed by atoms with Crippen molar-refractivity contribution in [1.29, 1.82) is 0 Å². The van der Waals surface area contributed by atoms with Crippen molar-refractivity contribution in [3.8, 4) is 5.75 Å². The summed E-state index contributed by atoms with van der Waals surface area (Å²) in [4.78, 5) is 12.7. The lowest BCUT2D eigenvalue weighted by atomic mass is 9.99. The summed E-state index contributed by atoms with van der Waals surface area (Å²) in [6.45, 7) is 0.592. The van der Waals surface area contributed by atoms with Crippen molar-refractivity contribution in [3.63, 3.8) is 0 Å². The van der Waals surface area contributed by atoms with E-state index in [1.807, 2.05) is 18.2 Å². The molecule has 0 aromatic heterocycles. The van der Waals surface area contributed by atoms with Gasteiger partial charge in [0.25, 0.3) is 0 Å². The fourth-order valence-corrected chi connectivity index (χ4v) is 3.67. The van der Waals surface area contributed by atoms with Crippen LogP contribution in [0.25, 0.3) is 0 Å². The summed E-state index contributed by atoms with van der Waals surface area (Å²) in [5, 5.41) is 3.30. The Morgan fingerprint density at radius 2 is 1.95 bits per heavy atom. The van der Waals surface area contributed by atoms with Gasteiger partial charge >= 0.3 is 0 Å². The Balaban J connectivity index is 2.18. The number of carbonyl (C=O) groups is 1. The molecule has 0 fully saturated rings. The Morgan fingerprint density at radius 1 is 1.15 bits per heavy atom. The van der Waals surface area contributed by atoms with Crippen molar-refractivity contribution < 1.29 is 9.53 Å². The van der Waals surface area contributed by atoms with Gasteiger partial charge in [-0.15, -0.1) is 0 Å². The average Bonchev–Trinajstić information content (AvgIpc) is 2.57. The van der Waals surface area contributed by atoms with Crippen LogP contribution in [0.5, 0.6) is 5.75 Å². The first-order valence-electron chi connectivity index (χ1n) is 6.04. The number of halogens is 2. The molecule has 0 amide bonds. The van der Waals surface area contributed by atoms with Gasteiger partial charge in [0.15, 0.2) is 5.78 Å². The maximum atomic E-state index is 12.7. The number of anilines is 1. The van der Waals surface area contributed by atoms with Gasteiger partial charge in [-0.3, -0.25) is 4.79 Å². The minimum absolute atomic E-state index is 0.0182. The van der Waals surface area contributed by atoms with E-state index in [0.29, 0.717) is 17.7 Å². The van der Waals surface area contributed by atoms with E-state index in [4.69, 9.17) is 4.74 Å². The molecule has 0 aliphatic carbocycles. The molecule has 0 bridgehead atoms. The lowest BCUT2D eigenvalue weighted by Crippen LogP contribution is -2.03. The second-order valence-corrected chi connectivity index (χ2v) is 6.28. The van der Waals surface area contributed by atoms with E-state index in [9.17, 15) is 4.79 Å². The fraction of sp³-hybridized carbons (Fsp3) is 0.133. The third kappa shape index (κ3) is 2.25. The highest BCUT2D eigenvalue weighted by Crippen LogP contribution is 2.34. The van der Waals surface area contributed by atoms with Crippen molar-refractivity contribution in [2.45, 2.75) is 6.54 Å². The number of benzene rings is 2. The molecule has 0 spiro atoms. The normalized spacial score (nSPS) is 13.1.